The van der Waals surface area contributed by atoms with Crippen LogP contribution in [0.4, 0.5) is 0 Å². The maximum absolute atomic E-state index is 5.85. The van der Waals surface area contributed by atoms with Crippen LogP contribution in [0.15, 0.2) is 4.42 Å². The highest BCUT2D eigenvalue weighted by Crippen LogP contribution is 2.59. The monoisotopic (exact) mass is 247 g/mol. The largest absolute Gasteiger partial charge is 0.425 e. The van der Waals surface area contributed by atoms with Gasteiger partial charge >= 0.3 is 0 Å². The molecule has 2 N–H and O–H groups in total. The van der Waals surface area contributed by atoms with Gasteiger partial charge in [-0.1, -0.05) is 0 Å². The van der Waals surface area contributed by atoms with Gasteiger partial charge in [-0.25, -0.2) is 0 Å². The summed E-state index contributed by atoms with van der Waals surface area (Å²) in [5, 5.41) is 8.45. The summed E-state index contributed by atoms with van der Waals surface area (Å²) < 4.78 is 5.85. The minimum absolute atomic E-state index is 0.553. The molecule has 98 valence electrons. The Morgan fingerprint density at radius 2 is 1.67 bits per heavy atom. The second kappa shape index (κ2) is 4.05. The maximum Gasteiger partial charge on any atom is 0.220 e. The first-order valence-corrected chi connectivity index (χ1v) is 7.36. The van der Waals surface area contributed by atoms with Crippen LogP contribution in [0, 0.1) is 23.7 Å². The fourth-order valence-corrected chi connectivity index (χ4v) is 4.95. The van der Waals surface area contributed by atoms with Gasteiger partial charge in [0.05, 0.1) is 0 Å². The van der Waals surface area contributed by atoms with Crippen LogP contribution in [0.25, 0.3) is 0 Å². The van der Waals surface area contributed by atoms with E-state index in [0.29, 0.717) is 18.9 Å². The molecule has 0 aliphatic heterocycles. The molecule has 0 spiro atoms. The molecule has 4 nitrogen and oxygen atoms in total. The van der Waals surface area contributed by atoms with Crippen molar-refractivity contribution < 1.29 is 4.42 Å². The van der Waals surface area contributed by atoms with E-state index in [1.807, 2.05) is 0 Å². The van der Waals surface area contributed by atoms with Crippen LogP contribution in [-0.4, -0.2) is 16.7 Å². The molecule has 0 amide bonds. The Bertz CT molecular complexity index is 414. The molecule has 0 atom stereocenters. The van der Waals surface area contributed by atoms with Crippen LogP contribution in [0.3, 0.4) is 0 Å². The van der Waals surface area contributed by atoms with Crippen LogP contribution in [0.2, 0.25) is 0 Å². The van der Waals surface area contributed by atoms with Gasteiger partial charge in [-0.3, -0.25) is 0 Å². The third-order valence-electron chi connectivity index (χ3n) is 5.35. The summed E-state index contributed by atoms with van der Waals surface area (Å²) in [6.07, 6.45) is 7.78. The molecule has 0 radical (unpaired) electrons. The molecule has 18 heavy (non-hydrogen) atoms. The molecule has 4 bridgehead atoms. The molecule has 0 saturated heterocycles. The summed E-state index contributed by atoms with van der Waals surface area (Å²) in [4.78, 5) is 0. The highest BCUT2D eigenvalue weighted by Gasteiger charge is 2.50. The Balaban J connectivity index is 1.60. The van der Waals surface area contributed by atoms with Crippen LogP contribution < -0.4 is 5.73 Å². The van der Waals surface area contributed by atoms with Crippen LogP contribution >= 0.6 is 0 Å². The summed E-state index contributed by atoms with van der Waals surface area (Å²) in [5.74, 6) is 5.80. The van der Waals surface area contributed by atoms with E-state index in [1.54, 1.807) is 0 Å². The van der Waals surface area contributed by atoms with Gasteiger partial charge in [0.15, 0.2) is 0 Å². The van der Waals surface area contributed by atoms with E-state index in [1.165, 1.54) is 32.1 Å². The zero-order chi connectivity index (χ0) is 12.1. The molecule has 4 aliphatic rings. The maximum atomic E-state index is 5.85. The van der Waals surface area contributed by atoms with Crippen LogP contribution in [0.5, 0.6) is 0 Å². The molecule has 4 heteroatoms. The lowest BCUT2D eigenvalue weighted by molar-refractivity contribution is -0.0117. The van der Waals surface area contributed by atoms with Gasteiger partial charge in [0.2, 0.25) is 11.8 Å². The third kappa shape index (κ3) is 1.62. The van der Waals surface area contributed by atoms with Gasteiger partial charge in [0.1, 0.15) is 0 Å². The predicted octanol–water partition coefficient (Wildman–Crippen LogP) is 2.11. The SMILES string of the molecule is NCCc1nnc(C2C3CC4CC(C3)CC2C4)o1. The predicted molar refractivity (Wildman–Crippen MR) is 66.8 cm³/mol. The minimum atomic E-state index is 0.553. The summed E-state index contributed by atoms with van der Waals surface area (Å²) >= 11 is 0. The number of aromatic nitrogens is 2. The Morgan fingerprint density at radius 1 is 1.00 bits per heavy atom. The molecular weight excluding hydrogens is 226 g/mol. The lowest BCUT2D eigenvalue weighted by Crippen LogP contribution is -2.43. The molecule has 4 aliphatic carbocycles. The topological polar surface area (TPSA) is 64.9 Å². The Morgan fingerprint density at radius 3 is 2.28 bits per heavy atom. The first-order chi connectivity index (χ1) is 8.83. The summed E-state index contributed by atoms with van der Waals surface area (Å²) in [6, 6.07) is 0. The summed E-state index contributed by atoms with van der Waals surface area (Å²) in [6.45, 7) is 0.587. The number of hydrogen-bond donors (Lipinski definition) is 1. The zero-order valence-electron chi connectivity index (χ0n) is 10.7. The van der Waals surface area contributed by atoms with Crippen molar-refractivity contribution in [2.45, 2.75) is 44.4 Å². The van der Waals surface area contributed by atoms with Gasteiger partial charge in [-0.2, -0.15) is 0 Å². The van der Waals surface area contributed by atoms with Gasteiger partial charge in [-0.05, 0) is 55.8 Å². The standard InChI is InChI=1S/C14H21N3O/c15-2-1-12-16-17-14(18-12)13-10-4-8-3-9(6-10)7-11(13)5-8/h8-11,13H,1-7,15H2. The Kier molecular flexibility index (Phi) is 2.47. The number of rotatable bonds is 3. The van der Waals surface area contributed by atoms with E-state index in [9.17, 15) is 0 Å². The molecule has 0 unspecified atom stereocenters. The van der Waals surface area contributed by atoms with Gasteiger partial charge in [0.25, 0.3) is 0 Å². The van der Waals surface area contributed by atoms with E-state index in [2.05, 4.69) is 10.2 Å². The van der Waals surface area contributed by atoms with Crippen molar-refractivity contribution in [3.05, 3.63) is 11.8 Å². The van der Waals surface area contributed by atoms with Gasteiger partial charge < -0.3 is 10.2 Å². The Hall–Kier alpha value is -0.900. The molecule has 1 aromatic rings. The van der Waals surface area contributed by atoms with E-state index in [0.717, 1.165) is 35.5 Å². The van der Waals surface area contributed by atoms with Gasteiger partial charge in [0, 0.05) is 18.9 Å². The van der Waals surface area contributed by atoms with Crippen molar-refractivity contribution in [3.8, 4) is 0 Å². The van der Waals surface area contributed by atoms with Crippen LogP contribution in [0.1, 0.15) is 49.8 Å². The lowest BCUT2D eigenvalue weighted by atomic mass is 9.52. The molecule has 1 aromatic heterocycles. The molecule has 5 rings (SSSR count). The van der Waals surface area contributed by atoms with Crippen molar-refractivity contribution >= 4 is 0 Å². The second-order valence-corrected chi connectivity index (χ2v) is 6.53. The smallest absolute Gasteiger partial charge is 0.220 e. The van der Waals surface area contributed by atoms with E-state index in [4.69, 9.17) is 10.2 Å². The highest BCUT2D eigenvalue weighted by atomic mass is 16.4. The molecule has 0 aromatic carbocycles. The summed E-state index contributed by atoms with van der Waals surface area (Å²) in [7, 11) is 0. The molecule has 4 fully saturated rings. The first-order valence-electron chi connectivity index (χ1n) is 7.36. The number of nitrogens with zero attached hydrogens (tertiary/aromatic N) is 2. The van der Waals surface area contributed by atoms with Crippen molar-refractivity contribution in [2.24, 2.45) is 29.4 Å². The average Bonchev–Trinajstić information content (AvgIpc) is 2.76. The fourth-order valence-electron chi connectivity index (χ4n) is 4.95. The normalized spacial score (nSPS) is 41.5. The number of hydrogen-bond acceptors (Lipinski definition) is 4. The zero-order valence-corrected chi connectivity index (χ0v) is 10.7. The average molecular weight is 247 g/mol. The highest BCUT2D eigenvalue weighted by molar-refractivity contribution is 5.08. The first kappa shape index (κ1) is 11.0. The second-order valence-electron chi connectivity index (χ2n) is 6.53. The third-order valence-corrected chi connectivity index (χ3v) is 5.35. The quantitative estimate of drug-likeness (QED) is 0.888. The molecule has 1 heterocycles. The van der Waals surface area contributed by atoms with Crippen molar-refractivity contribution in [1.82, 2.24) is 10.2 Å². The lowest BCUT2D eigenvalue weighted by Gasteiger charge is -2.53. The Labute approximate surface area is 107 Å². The molecular formula is C14H21N3O. The fraction of sp³-hybridized carbons (Fsp3) is 0.857. The number of nitrogens with two attached hydrogens (primary N) is 1. The molecule has 4 saturated carbocycles. The van der Waals surface area contributed by atoms with Crippen molar-refractivity contribution in [2.75, 3.05) is 6.54 Å². The van der Waals surface area contributed by atoms with E-state index in [-0.39, 0.29) is 0 Å². The minimum Gasteiger partial charge on any atom is -0.425 e. The van der Waals surface area contributed by atoms with Crippen molar-refractivity contribution in [3.63, 3.8) is 0 Å². The van der Waals surface area contributed by atoms with Crippen molar-refractivity contribution in [1.29, 1.82) is 0 Å². The van der Waals surface area contributed by atoms with Crippen LogP contribution in [-0.2, 0) is 6.42 Å². The summed E-state index contributed by atoms with van der Waals surface area (Å²) in [5.41, 5.74) is 5.54. The van der Waals surface area contributed by atoms with E-state index >= 15 is 0 Å². The van der Waals surface area contributed by atoms with E-state index < -0.39 is 0 Å². The van der Waals surface area contributed by atoms with Gasteiger partial charge in [-0.15, -0.1) is 10.2 Å².